The topological polar surface area (TPSA) is 74.8 Å². The summed E-state index contributed by atoms with van der Waals surface area (Å²) >= 11 is 0. The zero-order chi connectivity index (χ0) is 16.7. The number of carbonyl (C=O) groups is 2. The predicted molar refractivity (Wildman–Crippen MR) is 90.8 cm³/mol. The molecule has 0 heterocycles. The molecule has 5 heteroatoms. The van der Waals surface area contributed by atoms with Crippen molar-refractivity contribution in [3.05, 3.63) is 54.6 Å². The molecule has 0 bridgehead atoms. The number of para-hydroxylation sites is 1. The maximum atomic E-state index is 12.3. The Morgan fingerprint density at radius 1 is 1.04 bits per heavy atom. The van der Waals surface area contributed by atoms with Crippen molar-refractivity contribution < 1.29 is 14.9 Å². The summed E-state index contributed by atoms with van der Waals surface area (Å²) < 4.78 is 0. The van der Waals surface area contributed by atoms with Crippen LogP contribution in [0.3, 0.4) is 0 Å². The van der Waals surface area contributed by atoms with Crippen LogP contribution in [0.4, 0.5) is 5.69 Å². The van der Waals surface area contributed by atoms with Gasteiger partial charge in [0.1, 0.15) is 0 Å². The van der Waals surface area contributed by atoms with Gasteiger partial charge in [-0.3, -0.25) is 9.59 Å². The fraction of sp³-hybridized carbons (Fsp3) is 0.222. The fourth-order valence-corrected chi connectivity index (χ4v) is 2.20. The Balaban J connectivity index is 2.08. The molecule has 1 atom stereocenters. The predicted octanol–water partition coefficient (Wildman–Crippen LogP) is 0.990. The van der Waals surface area contributed by atoms with Crippen LogP contribution >= 0.6 is 0 Å². The number of hydrogen-bond acceptors (Lipinski definition) is 2. The van der Waals surface area contributed by atoms with Gasteiger partial charge in [-0.05, 0) is 18.6 Å². The molecule has 0 aliphatic heterocycles. The van der Waals surface area contributed by atoms with Gasteiger partial charge >= 0.3 is 0 Å². The van der Waals surface area contributed by atoms with Crippen LogP contribution < -0.4 is 16.0 Å². The summed E-state index contributed by atoms with van der Waals surface area (Å²) in [5, 5.41) is 7.19. The molecule has 0 unspecified atom stereocenters. The molecule has 2 aromatic carbocycles. The summed E-state index contributed by atoms with van der Waals surface area (Å²) in [6, 6.07) is 17.2. The summed E-state index contributed by atoms with van der Waals surface area (Å²) in [4.78, 5) is 23.6. The number of nitrogens with one attached hydrogen (secondary N) is 2. The third-order valence-electron chi connectivity index (χ3n) is 3.62. The van der Waals surface area contributed by atoms with E-state index in [-0.39, 0.29) is 24.4 Å². The van der Waals surface area contributed by atoms with E-state index in [9.17, 15) is 9.59 Å². The maximum absolute atomic E-state index is 12.3. The zero-order valence-corrected chi connectivity index (χ0v) is 13.4. The molecular weight excluding hydrogens is 290 g/mol. The minimum Gasteiger partial charge on any atom is -0.354 e. The molecule has 0 saturated carbocycles. The number of rotatable bonds is 6. The van der Waals surface area contributed by atoms with E-state index in [1.54, 1.807) is 19.3 Å². The van der Waals surface area contributed by atoms with Crippen LogP contribution in [-0.4, -0.2) is 31.4 Å². The van der Waals surface area contributed by atoms with Crippen molar-refractivity contribution in [1.29, 1.82) is 0 Å². The molecule has 0 aliphatic carbocycles. The second-order valence-corrected chi connectivity index (χ2v) is 5.30. The normalized spacial score (nSPS) is 11.6. The summed E-state index contributed by atoms with van der Waals surface area (Å²) in [7, 11) is 1.58. The summed E-state index contributed by atoms with van der Waals surface area (Å²) in [6.45, 7) is 2.01. The van der Waals surface area contributed by atoms with Gasteiger partial charge in [0.15, 0.2) is 12.6 Å². The first kappa shape index (κ1) is 16.7. The van der Waals surface area contributed by atoms with Crippen LogP contribution in [0.5, 0.6) is 0 Å². The van der Waals surface area contributed by atoms with Crippen LogP contribution in [-0.2, 0) is 9.59 Å². The van der Waals surface area contributed by atoms with Crippen LogP contribution in [0.1, 0.15) is 6.92 Å². The average molecular weight is 312 g/mol. The van der Waals surface area contributed by atoms with Gasteiger partial charge in [-0.1, -0.05) is 48.5 Å². The number of hydrogen-bond donors (Lipinski definition) is 3. The molecule has 0 spiro atoms. The van der Waals surface area contributed by atoms with Gasteiger partial charge in [-0.2, -0.15) is 0 Å². The molecule has 0 aliphatic rings. The number of quaternary nitrogens is 1. The van der Waals surface area contributed by atoms with Crippen LogP contribution in [0, 0.1) is 0 Å². The number of anilines is 1. The van der Waals surface area contributed by atoms with E-state index in [2.05, 4.69) is 10.6 Å². The third kappa shape index (κ3) is 4.66. The Morgan fingerprint density at radius 3 is 2.39 bits per heavy atom. The van der Waals surface area contributed by atoms with E-state index in [0.29, 0.717) is 0 Å². The van der Waals surface area contributed by atoms with Gasteiger partial charge < -0.3 is 16.0 Å². The Hall–Kier alpha value is -2.66. The molecule has 2 rings (SSSR count). The Morgan fingerprint density at radius 2 is 1.70 bits per heavy atom. The van der Waals surface area contributed by atoms with Crippen molar-refractivity contribution in [3.8, 4) is 11.1 Å². The zero-order valence-electron chi connectivity index (χ0n) is 13.4. The Labute approximate surface area is 136 Å². The lowest BCUT2D eigenvalue weighted by Crippen LogP contribution is -2.93. The molecular formula is C18H22N3O2+. The number of amides is 2. The van der Waals surface area contributed by atoms with Crippen LogP contribution in [0.15, 0.2) is 54.6 Å². The highest BCUT2D eigenvalue weighted by molar-refractivity contribution is 5.97. The first-order valence-electron chi connectivity index (χ1n) is 7.61. The second-order valence-electron chi connectivity index (χ2n) is 5.30. The number of nitrogens with two attached hydrogens (primary N) is 1. The number of carbonyl (C=O) groups excluding carboxylic acids is 2. The Kier molecular flexibility index (Phi) is 5.88. The Bertz CT molecular complexity index is 671. The lowest BCUT2D eigenvalue weighted by Gasteiger charge is -2.14. The summed E-state index contributed by atoms with van der Waals surface area (Å²) in [6.07, 6.45) is 0. The van der Waals surface area contributed by atoms with Crippen molar-refractivity contribution >= 4 is 17.5 Å². The number of benzene rings is 2. The van der Waals surface area contributed by atoms with Gasteiger partial charge in [0.05, 0.1) is 0 Å². The molecule has 2 amide bonds. The lowest BCUT2D eigenvalue weighted by molar-refractivity contribution is -0.662. The molecule has 0 saturated heterocycles. The van der Waals surface area contributed by atoms with Crippen molar-refractivity contribution in [2.45, 2.75) is 13.0 Å². The molecule has 4 N–H and O–H groups in total. The molecule has 23 heavy (non-hydrogen) atoms. The van der Waals surface area contributed by atoms with E-state index in [1.807, 2.05) is 54.6 Å². The van der Waals surface area contributed by atoms with Crippen LogP contribution in [0.25, 0.3) is 11.1 Å². The van der Waals surface area contributed by atoms with E-state index in [4.69, 9.17) is 0 Å². The molecule has 0 radical (unpaired) electrons. The third-order valence-corrected chi connectivity index (χ3v) is 3.62. The van der Waals surface area contributed by atoms with Gasteiger partial charge in [-0.25, -0.2) is 0 Å². The molecule has 5 nitrogen and oxygen atoms in total. The first-order valence-corrected chi connectivity index (χ1v) is 7.61. The minimum atomic E-state index is -0.351. The smallest absolute Gasteiger partial charge is 0.282 e. The highest BCUT2D eigenvalue weighted by Gasteiger charge is 2.18. The van der Waals surface area contributed by atoms with Crippen molar-refractivity contribution in [3.63, 3.8) is 0 Å². The van der Waals surface area contributed by atoms with E-state index >= 15 is 0 Å². The number of likely N-dealkylation sites (N-methyl/N-ethyl adjacent to an activating group) is 1. The summed E-state index contributed by atoms with van der Waals surface area (Å²) in [5.74, 6) is -0.230. The van der Waals surface area contributed by atoms with Gasteiger partial charge in [0.25, 0.3) is 11.8 Å². The SMILES string of the molecule is CNC(=O)C[NH2+][C@H](C)C(=O)Nc1ccccc1-c1ccccc1. The second kappa shape index (κ2) is 8.10. The van der Waals surface area contributed by atoms with Gasteiger partial charge in [0.2, 0.25) is 0 Å². The maximum Gasteiger partial charge on any atom is 0.282 e. The first-order chi connectivity index (χ1) is 11.1. The van der Waals surface area contributed by atoms with Gasteiger partial charge in [0, 0.05) is 18.3 Å². The van der Waals surface area contributed by atoms with E-state index in [1.165, 1.54) is 0 Å². The molecule has 0 aromatic heterocycles. The molecule has 2 aromatic rings. The largest absolute Gasteiger partial charge is 0.354 e. The van der Waals surface area contributed by atoms with E-state index < -0.39 is 0 Å². The fourth-order valence-electron chi connectivity index (χ4n) is 2.20. The summed E-state index contributed by atoms with van der Waals surface area (Å²) in [5.41, 5.74) is 2.79. The van der Waals surface area contributed by atoms with E-state index in [0.717, 1.165) is 16.8 Å². The van der Waals surface area contributed by atoms with Crippen LogP contribution in [0.2, 0.25) is 0 Å². The standard InChI is InChI=1S/C18H21N3O2/c1-13(20-12-17(22)19-2)18(23)21-16-11-7-6-10-15(16)14-8-4-3-5-9-14/h3-11,13,20H,12H2,1-2H3,(H,19,22)(H,21,23)/p+1/t13-/m1/s1. The molecule has 120 valence electrons. The monoisotopic (exact) mass is 312 g/mol. The average Bonchev–Trinajstić information content (AvgIpc) is 2.60. The molecule has 0 fully saturated rings. The highest BCUT2D eigenvalue weighted by Crippen LogP contribution is 2.27. The lowest BCUT2D eigenvalue weighted by atomic mass is 10.0. The van der Waals surface area contributed by atoms with Crippen molar-refractivity contribution in [2.75, 3.05) is 18.9 Å². The minimum absolute atomic E-state index is 0.102. The van der Waals surface area contributed by atoms with Crippen molar-refractivity contribution in [2.24, 2.45) is 0 Å². The van der Waals surface area contributed by atoms with Crippen molar-refractivity contribution in [1.82, 2.24) is 5.32 Å². The highest BCUT2D eigenvalue weighted by atomic mass is 16.2. The quantitative estimate of drug-likeness (QED) is 0.744. The van der Waals surface area contributed by atoms with Gasteiger partial charge in [-0.15, -0.1) is 0 Å².